The Kier molecular flexibility index (Phi) is 5.07. The molecule has 5 atom stereocenters. The number of thioether (sulfide) groups is 1. The largest absolute Gasteiger partial charge is 0.395 e. The molecule has 1 aliphatic rings. The average Bonchev–Trinajstić information content (AvgIpc) is 2.28. The summed E-state index contributed by atoms with van der Waals surface area (Å²) in [6.07, 6.45) is -6.31. The minimum Gasteiger partial charge on any atom is -0.395 e. The summed E-state index contributed by atoms with van der Waals surface area (Å²) in [7, 11) is 0. The van der Waals surface area contributed by atoms with Crippen molar-refractivity contribution >= 4 is 17.7 Å². The Balaban J connectivity index is 2.69. The molecule has 0 aromatic heterocycles. The van der Waals surface area contributed by atoms with Gasteiger partial charge in [-0.25, -0.2) is 0 Å². The average molecular weight is 273 g/mol. The lowest BCUT2D eigenvalue weighted by atomic mass is 10.0. The molecule has 1 rings (SSSR count). The van der Waals surface area contributed by atoms with Crippen LogP contribution in [0.2, 0.25) is 0 Å². The fourth-order valence-electron chi connectivity index (χ4n) is 1.48. The lowest BCUT2D eigenvalue weighted by Crippen LogP contribution is -2.61. The highest BCUT2D eigenvalue weighted by atomic mass is 32.2. The number of hydrogen-bond donors (Lipinski definition) is 5. The number of carbonyl (C=O) groups excluding carboxylic acids is 1. The lowest BCUT2D eigenvalue weighted by molar-refractivity contribution is -0.135. The highest BCUT2D eigenvalue weighted by Crippen LogP contribution is 2.31. The number of rotatable bonds is 3. The van der Waals surface area contributed by atoms with E-state index in [-0.39, 0.29) is 0 Å². The maximum Gasteiger partial charge on any atom is 0.315 e. The van der Waals surface area contributed by atoms with Crippen LogP contribution in [0.4, 0.5) is 8.78 Å². The van der Waals surface area contributed by atoms with E-state index in [1.807, 2.05) is 0 Å². The molecule has 1 heterocycles. The number of carbonyl (C=O) groups is 1. The van der Waals surface area contributed by atoms with Gasteiger partial charge in [0.1, 0.15) is 11.5 Å². The van der Waals surface area contributed by atoms with Crippen LogP contribution in [0.1, 0.15) is 0 Å². The number of nitrogens with one attached hydrogen (secondary N) is 1. The highest BCUT2D eigenvalue weighted by Gasteiger charge is 2.44. The molecular formula is C8H13F2NO5S. The Morgan fingerprint density at radius 3 is 2.35 bits per heavy atom. The van der Waals surface area contributed by atoms with Crippen molar-refractivity contribution < 1.29 is 34.0 Å². The number of halogens is 2. The fourth-order valence-corrected chi connectivity index (χ4v) is 2.64. The van der Waals surface area contributed by atoms with Crippen molar-refractivity contribution in [1.82, 2.24) is 5.32 Å². The second kappa shape index (κ2) is 5.91. The molecule has 6 nitrogen and oxygen atoms in total. The second-order valence-corrected chi connectivity index (χ2v) is 4.92. The molecule has 2 unspecified atom stereocenters. The molecule has 0 aromatic rings. The predicted octanol–water partition coefficient (Wildman–Crippen LogP) is -2.12. The zero-order chi connectivity index (χ0) is 13.2. The Hall–Kier alpha value is -0.480. The zero-order valence-corrected chi connectivity index (χ0v) is 9.35. The SMILES string of the molecule is O=C(NC1[C@H](O)SC(CO)[C@@H](O)[C@@H]1O)C(F)F. The van der Waals surface area contributed by atoms with Crippen LogP contribution in [0.3, 0.4) is 0 Å². The summed E-state index contributed by atoms with van der Waals surface area (Å²) in [5.41, 5.74) is -1.38. The number of aliphatic hydroxyl groups is 4. The second-order valence-electron chi connectivity index (χ2n) is 3.56. The summed E-state index contributed by atoms with van der Waals surface area (Å²) in [5.74, 6) is -1.64. The molecule has 1 aliphatic heterocycles. The van der Waals surface area contributed by atoms with Gasteiger partial charge >= 0.3 is 6.43 Å². The monoisotopic (exact) mass is 273 g/mol. The third-order valence-corrected chi connectivity index (χ3v) is 3.76. The van der Waals surface area contributed by atoms with Gasteiger partial charge in [-0.1, -0.05) is 0 Å². The molecule has 9 heteroatoms. The lowest BCUT2D eigenvalue weighted by Gasteiger charge is -2.39. The Labute approximate surface area is 99.6 Å². The first-order chi connectivity index (χ1) is 7.88. The molecule has 0 spiro atoms. The molecule has 0 aromatic carbocycles. The highest BCUT2D eigenvalue weighted by molar-refractivity contribution is 8.00. The van der Waals surface area contributed by atoms with E-state index in [0.29, 0.717) is 11.8 Å². The van der Waals surface area contributed by atoms with Gasteiger partial charge < -0.3 is 25.7 Å². The van der Waals surface area contributed by atoms with Crippen LogP contribution in [0.15, 0.2) is 0 Å². The van der Waals surface area contributed by atoms with Crippen molar-refractivity contribution in [2.75, 3.05) is 6.61 Å². The minimum absolute atomic E-state index is 0.491. The summed E-state index contributed by atoms with van der Waals surface area (Å²) in [4.78, 5) is 10.7. The van der Waals surface area contributed by atoms with Gasteiger partial charge in [-0.3, -0.25) is 4.79 Å². The third kappa shape index (κ3) is 3.26. The van der Waals surface area contributed by atoms with Gasteiger partial charge in [0.25, 0.3) is 5.91 Å². The summed E-state index contributed by atoms with van der Waals surface area (Å²) < 4.78 is 24.0. The van der Waals surface area contributed by atoms with Crippen molar-refractivity contribution in [3.63, 3.8) is 0 Å². The van der Waals surface area contributed by atoms with E-state index in [2.05, 4.69) is 0 Å². The number of hydrogen-bond acceptors (Lipinski definition) is 6. The summed E-state index contributed by atoms with van der Waals surface area (Å²) in [6.45, 7) is -0.491. The van der Waals surface area contributed by atoms with Crippen LogP contribution in [0, 0.1) is 0 Å². The van der Waals surface area contributed by atoms with Gasteiger partial charge in [0.2, 0.25) is 0 Å². The van der Waals surface area contributed by atoms with Crippen LogP contribution >= 0.6 is 11.8 Å². The molecule has 0 aliphatic carbocycles. The number of amides is 1. The van der Waals surface area contributed by atoms with E-state index in [0.717, 1.165) is 0 Å². The van der Waals surface area contributed by atoms with Crippen LogP contribution < -0.4 is 5.32 Å². The van der Waals surface area contributed by atoms with Gasteiger partial charge in [0, 0.05) is 0 Å². The molecular weight excluding hydrogens is 260 g/mol. The van der Waals surface area contributed by atoms with Crippen molar-refractivity contribution in [2.24, 2.45) is 0 Å². The van der Waals surface area contributed by atoms with Crippen molar-refractivity contribution in [3.8, 4) is 0 Å². The maximum atomic E-state index is 12.0. The summed E-state index contributed by atoms with van der Waals surface area (Å²) in [6, 6.07) is -1.40. The standard InChI is InChI=1S/C8H13F2NO5S/c9-6(10)7(15)11-3-5(14)4(13)2(1-12)17-8(3)16/h2-6,8,12-14,16H,1H2,(H,11,15)/t2?,3?,4-,5-,8-/m1/s1. The van der Waals surface area contributed by atoms with E-state index in [1.165, 1.54) is 0 Å². The van der Waals surface area contributed by atoms with Crippen LogP contribution in [0.5, 0.6) is 0 Å². The molecule has 5 N–H and O–H groups in total. The third-order valence-electron chi connectivity index (χ3n) is 2.41. The van der Waals surface area contributed by atoms with Gasteiger partial charge in [-0.15, -0.1) is 11.8 Å². The van der Waals surface area contributed by atoms with E-state index in [9.17, 15) is 28.9 Å². The molecule has 17 heavy (non-hydrogen) atoms. The topological polar surface area (TPSA) is 110 Å². The van der Waals surface area contributed by atoms with Crippen LogP contribution in [0.25, 0.3) is 0 Å². The first kappa shape index (κ1) is 14.6. The van der Waals surface area contributed by atoms with Gasteiger partial charge in [0.05, 0.1) is 24.0 Å². The molecule has 100 valence electrons. The first-order valence-corrected chi connectivity index (χ1v) is 5.71. The van der Waals surface area contributed by atoms with E-state index in [1.54, 1.807) is 5.32 Å². The quantitative estimate of drug-likeness (QED) is 0.402. The van der Waals surface area contributed by atoms with E-state index >= 15 is 0 Å². The number of alkyl halides is 2. The van der Waals surface area contributed by atoms with Crippen molar-refractivity contribution in [2.45, 2.75) is 35.4 Å². The minimum atomic E-state index is -3.27. The van der Waals surface area contributed by atoms with Crippen LogP contribution in [-0.4, -0.2) is 68.3 Å². The van der Waals surface area contributed by atoms with E-state index in [4.69, 9.17) is 5.11 Å². The van der Waals surface area contributed by atoms with Crippen LogP contribution in [-0.2, 0) is 4.79 Å². The Morgan fingerprint density at radius 1 is 1.29 bits per heavy atom. The summed E-state index contributed by atoms with van der Waals surface area (Å²) in [5, 5.41) is 38.3. The number of aliphatic hydroxyl groups excluding tert-OH is 4. The molecule has 0 radical (unpaired) electrons. The van der Waals surface area contributed by atoms with E-state index < -0.39 is 47.9 Å². The van der Waals surface area contributed by atoms with Crippen molar-refractivity contribution in [1.29, 1.82) is 0 Å². The molecule has 0 saturated carbocycles. The normalized spacial score (nSPS) is 38.2. The fraction of sp³-hybridized carbons (Fsp3) is 0.875. The summed E-state index contributed by atoms with van der Waals surface area (Å²) >= 11 is 0.696. The smallest absolute Gasteiger partial charge is 0.315 e. The van der Waals surface area contributed by atoms with Gasteiger partial charge in [0.15, 0.2) is 0 Å². The molecule has 0 bridgehead atoms. The first-order valence-electron chi connectivity index (χ1n) is 4.77. The van der Waals surface area contributed by atoms with Crippen molar-refractivity contribution in [3.05, 3.63) is 0 Å². The Morgan fingerprint density at radius 2 is 1.88 bits per heavy atom. The molecule has 1 amide bonds. The van der Waals surface area contributed by atoms with Gasteiger partial charge in [-0.2, -0.15) is 8.78 Å². The maximum absolute atomic E-state index is 12.0. The molecule has 1 saturated heterocycles. The Bertz CT molecular complexity index is 283. The van der Waals surface area contributed by atoms with Gasteiger partial charge in [-0.05, 0) is 0 Å². The predicted molar refractivity (Wildman–Crippen MR) is 54.4 cm³/mol. The molecule has 1 fully saturated rings. The zero-order valence-electron chi connectivity index (χ0n) is 8.53.